The van der Waals surface area contributed by atoms with Gasteiger partial charge in [-0.05, 0) is 31.7 Å². The van der Waals surface area contributed by atoms with Crippen molar-refractivity contribution in [1.29, 1.82) is 5.26 Å². The van der Waals surface area contributed by atoms with Crippen LogP contribution >= 0.6 is 0 Å². The third kappa shape index (κ3) is 5.90. The number of nitrogens with two attached hydrogens (primary N) is 1. The van der Waals surface area contributed by atoms with Crippen LogP contribution in [-0.4, -0.2) is 54.6 Å². The molecule has 0 aromatic heterocycles. The van der Waals surface area contributed by atoms with E-state index < -0.39 is 5.54 Å². The van der Waals surface area contributed by atoms with E-state index in [0.717, 1.165) is 44.8 Å². The van der Waals surface area contributed by atoms with Crippen LogP contribution in [0.15, 0.2) is 0 Å². The van der Waals surface area contributed by atoms with Crippen LogP contribution in [0.2, 0.25) is 0 Å². The van der Waals surface area contributed by atoms with E-state index >= 15 is 0 Å². The molecule has 0 radical (unpaired) electrons. The molecule has 110 valence electrons. The molecule has 19 heavy (non-hydrogen) atoms. The van der Waals surface area contributed by atoms with Crippen molar-refractivity contribution in [1.82, 2.24) is 9.80 Å². The zero-order valence-corrected chi connectivity index (χ0v) is 12.9. The SMILES string of the molecule is CCC(N)(C#N)CCCN1CCN(CC(C)C)CC1. The van der Waals surface area contributed by atoms with E-state index in [0.29, 0.717) is 0 Å². The van der Waals surface area contributed by atoms with Gasteiger partial charge < -0.3 is 15.5 Å². The summed E-state index contributed by atoms with van der Waals surface area (Å²) in [5.74, 6) is 0.754. The second kappa shape index (κ2) is 7.84. The molecule has 1 heterocycles. The van der Waals surface area contributed by atoms with Crippen molar-refractivity contribution in [3.63, 3.8) is 0 Å². The van der Waals surface area contributed by atoms with Gasteiger partial charge >= 0.3 is 0 Å². The van der Waals surface area contributed by atoms with Crippen molar-refractivity contribution in [3.05, 3.63) is 0 Å². The highest BCUT2D eigenvalue weighted by Crippen LogP contribution is 2.14. The van der Waals surface area contributed by atoms with E-state index in [4.69, 9.17) is 11.0 Å². The van der Waals surface area contributed by atoms with Crippen LogP contribution in [0.4, 0.5) is 0 Å². The first-order valence-corrected chi connectivity index (χ1v) is 7.64. The summed E-state index contributed by atoms with van der Waals surface area (Å²) >= 11 is 0. The molecular weight excluding hydrogens is 236 g/mol. The van der Waals surface area contributed by atoms with Crippen molar-refractivity contribution in [2.75, 3.05) is 39.3 Å². The smallest absolute Gasteiger partial charge is 0.104 e. The average Bonchev–Trinajstić information content (AvgIpc) is 2.40. The van der Waals surface area contributed by atoms with Gasteiger partial charge in [-0.25, -0.2) is 0 Å². The lowest BCUT2D eigenvalue weighted by Crippen LogP contribution is -2.48. The Kier molecular flexibility index (Phi) is 6.78. The van der Waals surface area contributed by atoms with Crippen LogP contribution in [0.25, 0.3) is 0 Å². The largest absolute Gasteiger partial charge is 0.313 e. The number of hydrogen-bond acceptors (Lipinski definition) is 4. The van der Waals surface area contributed by atoms with Crippen LogP contribution in [0.5, 0.6) is 0 Å². The number of piperazine rings is 1. The Balaban J connectivity index is 2.18. The third-order valence-electron chi connectivity index (χ3n) is 4.04. The van der Waals surface area contributed by atoms with Crippen molar-refractivity contribution < 1.29 is 0 Å². The predicted octanol–water partition coefficient (Wildman–Crippen LogP) is 1.67. The molecule has 0 saturated carbocycles. The number of nitriles is 1. The standard InChI is InChI=1S/C15H30N4/c1-4-15(17,13-16)6-5-7-18-8-10-19(11-9-18)12-14(2)3/h14H,4-12,17H2,1-3H3. The highest BCUT2D eigenvalue weighted by atomic mass is 15.3. The molecule has 1 atom stereocenters. The Hall–Kier alpha value is -0.630. The molecule has 2 N–H and O–H groups in total. The van der Waals surface area contributed by atoms with Gasteiger partial charge in [0.25, 0.3) is 0 Å². The highest BCUT2D eigenvalue weighted by Gasteiger charge is 2.22. The molecule has 0 aromatic rings. The average molecular weight is 266 g/mol. The van der Waals surface area contributed by atoms with Crippen molar-refractivity contribution in [2.45, 2.75) is 45.6 Å². The van der Waals surface area contributed by atoms with Crippen LogP contribution < -0.4 is 5.73 Å². The van der Waals surface area contributed by atoms with E-state index in [-0.39, 0.29) is 0 Å². The fraction of sp³-hybridized carbons (Fsp3) is 0.933. The van der Waals surface area contributed by atoms with Gasteiger partial charge in [0.15, 0.2) is 0 Å². The zero-order chi connectivity index (χ0) is 14.3. The van der Waals surface area contributed by atoms with Crippen LogP contribution in [0.3, 0.4) is 0 Å². The minimum absolute atomic E-state index is 0.612. The molecule has 0 spiro atoms. The molecule has 1 unspecified atom stereocenters. The van der Waals surface area contributed by atoms with Gasteiger partial charge in [-0.2, -0.15) is 5.26 Å². The molecule has 4 heteroatoms. The summed E-state index contributed by atoms with van der Waals surface area (Å²) in [6.45, 7) is 13.5. The highest BCUT2D eigenvalue weighted by molar-refractivity contribution is 5.03. The van der Waals surface area contributed by atoms with Gasteiger partial charge in [-0.1, -0.05) is 20.8 Å². The Morgan fingerprint density at radius 3 is 2.26 bits per heavy atom. The summed E-state index contributed by atoms with van der Waals surface area (Å²) in [6.07, 6.45) is 2.58. The molecular formula is C15H30N4. The van der Waals surface area contributed by atoms with Gasteiger partial charge in [-0.15, -0.1) is 0 Å². The zero-order valence-electron chi connectivity index (χ0n) is 12.9. The Labute approximate surface area is 118 Å². The molecule has 1 fully saturated rings. The maximum atomic E-state index is 9.05. The Morgan fingerprint density at radius 2 is 1.79 bits per heavy atom. The molecule has 0 bridgehead atoms. The van der Waals surface area contributed by atoms with Gasteiger partial charge in [0.1, 0.15) is 5.54 Å². The normalized spacial score (nSPS) is 21.3. The fourth-order valence-electron chi connectivity index (χ4n) is 2.64. The molecule has 4 nitrogen and oxygen atoms in total. The van der Waals surface area contributed by atoms with Gasteiger partial charge in [-0.3, -0.25) is 0 Å². The van der Waals surface area contributed by atoms with Crippen LogP contribution in [0, 0.1) is 17.2 Å². The van der Waals surface area contributed by atoms with Crippen molar-refractivity contribution in [2.24, 2.45) is 11.7 Å². The minimum Gasteiger partial charge on any atom is -0.313 e. The summed E-state index contributed by atoms with van der Waals surface area (Å²) in [4.78, 5) is 5.06. The Bertz CT molecular complexity index is 289. The molecule has 0 aliphatic carbocycles. The predicted molar refractivity (Wildman–Crippen MR) is 79.8 cm³/mol. The first-order valence-electron chi connectivity index (χ1n) is 7.64. The maximum absolute atomic E-state index is 9.05. The first-order chi connectivity index (χ1) is 8.99. The molecule has 1 saturated heterocycles. The van der Waals surface area contributed by atoms with Crippen LogP contribution in [-0.2, 0) is 0 Å². The molecule has 1 aliphatic rings. The number of rotatable bonds is 7. The minimum atomic E-state index is -0.612. The maximum Gasteiger partial charge on any atom is 0.104 e. The molecule has 1 aliphatic heterocycles. The molecule has 0 aromatic carbocycles. The quantitative estimate of drug-likeness (QED) is 0.761. The monoisotopic (exact) mass is 266 g/mol. The lowest BCUT2D eigenvalue weighted by atomic mass is 9.93. The van der Waals surface area contributed by atoms with Gasteiger partial charge in [0.2, 0.25) is 0 Å². The van der Waals surface area contributed by atoms with E-state index in [2.05, 4.69) is 29.7 Å². The number of nitrogens with zero attached hydrogens (tertiary/aromatic N) is 3. The second-order valence-corrected chi connectivity index (χ2v) is 6.26. The Morgan fingerprint density at radius 1 is 1.21 bits per heavy atom. The lowest BCUT2D eigenvalue weighted by Gasteiger charge is -2.35. The van der Waals surface area contributed by atoms with Crippen molar-refractivity contribution >= 4 is 0 Å². The van der Waals surface area contributed by atoms with Gasteiger partial charge in [0, 0.05) is 32.7 Å². The summed E-state index contributed by atoms with van der Waals surface area (Å²) in [5, 5.41) is 9.05. The van der Waals surface area contributed by atoms with E-state index in [1.165, 1.54) is 19.6 Å². The molecule has 0 amide bonds. The van der Waals surface area contributed by atoms with E-state index in [1.807, 2.05) is 6.92 Å². The van der Waals surface area contributed by atoms with Crippen LogP contribution in [0.1, 0.15) is 40.0 Å². The lowest BCUT2D eigenvalue weighted by molar-refractivity contribution is 0.120. The van der Waals surface area contributed by atoms with E-state index in [9.17, 15) is 0 Å². The molecule has 1 rings (SSSR count). The number of hydrogen-bond donors (Lipinski definition) is 1. The summed E-state index contributed by atoms with van der Waals surface area (Å²) < 4.78 is 0. The van der Waals surface area contributed by atoms with E-state index in [1.54, 1.807) is 0 Å². The van der Waals surface area contributed by atoms with Crippen molar-refractivity contribution in [3.8, 4) is 6.07 Å². The topological polar surface area (TPSA) is 56.3 Å². The summed E-state index contributed by atoms with van der Waals surface area (Å²) in [7, 11) is 0. The summed E-state index contributed by atoms with van der Waals surface area (Å²) in [5.41, 5.74) is 5.39. The second-order valence-electron chi connectivity index (χ2n) is 6.26. The fourth-order valence-corrected chi connectivity index (χ4v) is 2.64. The third-order valence-corrected chi connectivity index (χ3v) is 4.04. The van der Waals surface area contributed by atoms with Gasteiger partial charge in [0.05, 0.1) is 6.07 Å². The first kappa shape index (κ1) is 16.4. The summed E-state index contributed by atoms with van der Waals surface area (Å²) in [6, 6.07) is 2.25.